The maximum Gasteiger partial charge on any atom is 0.255 e. The van der Waals surface area contributed by atoms with Gasteiger partial charge in [0, 0.05) is 25.7 Å². The summed E-state index contributed by atoms with van der Waals surface area (Å²) >= 11 is 0. The fraction of sp³-hybridized carbons (Fsp3) is 0.200. The van der Waals surface area contributed by atoms with Gasteiger partial charge in [0.25, 0.3) is 5.91 Å². The van der Waals surface area contributed by atoms with E-state index in [9.17, 15) is 19.2 Å². The van der Waals surface area contributed by atoms with Gasteiger partial charge in [-0.15, -0.1) is 0 Å². The second-order valence-electron chi connectivity index (χ2n) is 7.43. The number of nitrogens with two attached hydrogens (primary N) is 1. The summed E-state index contributed by atoms with van der Waals surface area (Å²) in [5, 5.41) is 17.7. The van der Waals surface area contributed by atoms with Gasteiger partial charge in [-0.3, -0.25) is 9.59 Å². The topological polar surface area (TPSA) is 133 Å². The van der Waals surface area contributed by atoms with E-state index in [0.717, 1.165) is 5.56 Å². The minimum atomic E-state index is -0.906. The number of carbonyl (C=O) groups is 2. The van der Waals surface area contributed by atoms with E-state index in [0.29, 0.717) is 29.8 Å². The number of nitriles is 1. The standard InChI is InChI=1S/C25H25FN6O2/c1-29-25(34)22(15-28)32-24(33)20-9-10-21(19-8-3-2-6-17(19)14-27)31-23(20)30-12-11-16-5-4-7-18(26)13-16/h2-10,13,22H,11-12,15,28H2,1H3,(H,29,34)(H,30,31)(H,32,33)/t22-/m0/s1. The Morgan fingerprint density at radius 2 is 1.94 bits per heavy atom. The van der Waals surface area contributed by atoms with Crippen molar-refractivity contribution < 1.29 is 14.0 Å². The van der Waals surface area contributed by atoms with Gasteiger partial charge < -0.3 is 21.7 Å². The summed E-state index contributed by atoms with van der Waals surface area (Å²) < 4.78 is 13.5. The van der Waals surface area contributed by atoms with Crippen molar-refractivity contribution in [3.05, 3.63) is 83.2 Å². The van der Waals surface area contributed by atoms with Crippen LogP contribution in [0, 0.1) is 17.1 Å². The average Bonchev–Trinajstić information content (AvgIpc) is 2.86. The third-order valence-corrected chi connectivity index (χ3v) is 5.16. The Morgan fingerprint density at radius 3 is 2.65 bits per heavy atom. The molecule has 0 spiro atoms. The van der Waals surface area contributed by atoms with Gasteiger partial charge in [0.05, 0.1) is 22.9 Å². The highest BCUT2D eigenvalue weighted by Gasteiger charge is 2.22. The molecule has 3 aromatic rings. The second kappa shape index (κ2) is 11.5. The summed E-state index contributed by atoms with van der Waals surface area (Å²) in [6.07, 6.45) is 0.489. The van der Waals surface area contributed by atoms with Crippen LogP contribution in [-0.2, 0) is 11.2 Å². The molecule has 0 radical (unpaired) electrons. The lowest BCUT2D eigenvalue weighted by Gasteiger charge is -2.17. The predicted octanol–water partition coefficient (Wildman–Crippen LogP) is 2.22. The Balaban J connectivity index is 1.91. The first-order chi connectivity index (χ1) is 16.5. The number of amides is 2. The van der Waals surface area contributed by atoms with Crippen molar-refractivity contribution >= 4 is 17.6 Å². The maximum absolute atomic E-state index is 13.5. The lowest BCUT2D eigenvalue weighted by molar-refractivity contribution is -0.122. The number of nitrogens with zero attached hydrogens (tertiary/aromatic N) is 2. The first-order valence-electron chi connectivity index (χ1n) is 10.7. The number of hydrogen-bond acceptors (Lipinski definition) is 6. The highest BCUT2D eigenvalue weighted by atomic mass is 19.1. The zero-order valence-corrected chi connectivity index (χ0v) is 18.6. The number of pyridine rings is 1. The molecular weight excluding hydrogens is 435 g/mol. The molecule has 8 nitrogen and oxygen atoms in total. The van der Waals surface area contributed by atoms with Crippen molar-refractivity contribution in [1.82, 2.24) is 15.6 Å². The zero-order valence-electron chi connectivity index (χ0n) is 18.6. The minimum Gasteiger partial charge on any atom is -0.369 e. The average molecular weight is 461 g/mol. The Morgan fingerprint density at radius 1 is 1.15 bits per heavy atom. The Labute approximate surface area is 197 Å². The Hall–Kier alpha value is -4.29. The minimum absolute atomic E-state index is 0.0746. The van der Waals surface area contributed by atoms with Crippen LogP contribution in [0.2, 0.25) is 0 Å². The van der Waals surface area contributed by atoms with Gasteiger partial charge in [0.15, 0.2) is 0 Å². The molecule has 0 aliphatic heterocycles. The van der Waals surface area contributed by atoms with Gasteiger partial charge in [-0.2, -0.15) is 5.26 Å². The molecule has 2 aromatic carbocycles. The Bertz CT molecular complexity index is 1220. The number of aromatic nitrogens is 1. The van der Waals surface area contributed by atoms with E-state index < -0.39 is 17.9 Å². The van der Waals surface area contributed by atoms with Gasteiger partial charge in [-0.25, -0.2) is 9.37 Å². The number of halogens is 1. The van der Waals surface area contributed by atoms with Gasteiger partial charge in [0.1, 0.15) is 17.7 Å². The maximum atomic E-state index is 13.5. The van der Waals surface area contributed by atoms with E-state index >= 15 is 0 Å². The van der Waals surface area contributed by atoms with E-state index in [-0.39, 0.29) is 23.7 Å². The molecule has 0 saturated carbocycles. The van der Waals surface area contributed by atoms with E-state index in [1.165, 1.54) is 19.2 Å². The monoisotopic (exact) mass is 460 g/mol. The molecule has 2 amide bonds. The fourth-order valence-electron chi connectivity index (χ4n) is 3.39. The van der Waals surface area contributed by atoms with Crippen LogP contribution in [0.25, 0.3) is 11.3 Å². The van der Waals surface area contributed by atoms with Crippen LogP contribution in [0.3, 0.4) is 0 Å². The van der Waals surface area contributed by atoms with E-state index in [4.69, 9.17) is 5.73 Å². The number of benzene rings is 2. The number of anilines is 1. The summed E-state index contributed by atoms with van der Waals surface area (Å²) in [5.74, 6) is -0.997. The highest BCUT2D eigenvalue weighted by molar-refractivity contribution is 6.01. The summed E-state index contributed by atoms with van der Waals surface area (Å²) in [6.45, 7) is 0.296. The molecule has 34 heavy (non-hydrogen) atoms. The molecular formula is C25H25FN6O2. The molecule has 0 unspecified atom stereocenters. The lowest BCUT2D eigenvalue weighted by Crippen LogP contribution is -2.50. The zero-order chi connectivity index (χ0) is 24.5. The van der Waals surface area contributed by atoms with Gasteiger partial charge in [-0.05, 0) is 42.3 Å². The Kier molecular flexibility index (Phi) is 8.26. The van der Waals surface area contributed by atoms with E-state index in [1.54, 1.807) is 48.5 Å². The van der Waals surface area contributed by atoms with Gasteiger partial charge >= 0.3 is 0 Å². The summed E-state index contributed by atoms with van der Waals surface area (Å²) in [6, 6.07) is 17.7. The molecule has 3 rings (SSSR count). The molecule has 1 heterocycles. The number of hydrogen-bond donors (Lipinski definition) is 4. The quantitative estimate of drug-likeness (QED) is 0.387. The number of carbonyl (C=O) groups excluding carboxylic acids is 2. The van der Waals surface area contributed by atoms with Gasteiger partial charge in [-0.1, -0.05) is 30.3 Å². The van der Waals surface area contributed by atoms with Crippen molar-refractivity contribution in [2.24, 2.45) is 5.73 Å². The number of rotatable bonds is 9. The van der Waals surface area contributed by atoms with Crippen LogP contribution in [-0.4, -0.2) is 43.0 Å². The lowest BCUT2D eigenvalue weighted by atomic mass is 10.0. The fourth-order valence-corrected chi connectivity index (χ4v) is 3.39. The molecule has 5 N–H and O–H groups in total. The molecule has 1 atom stereocenters. The molecule has 0 bridgehead atoms. The summed E-state index contributed by atoms with van der Waals surface area (Å²) in [5.41, 5.74) is 8.20. The third-order valence-electron chi connectivity index (χ3n) is 5.16. The van der Waals surface area contributed by atoms with Crippen LogP contribution in [0.4, 0.5) is 10.2 Å². The number of likely N-dealkylation sites (N-methyl/N-ethyl adjacent to an activating group) is 1. The largest absolute Gasteiger partial charge is 0.369 e. The van der Waals surface area contributed by atoms with Crippen LogP contribution in [0.15, 0.2) is 60.7 Å². The van der Waals surface area contributed by atoms with Crippen molar-refractivity contribution in [1.29, 1.82) is 5.26 Å². The second-order valence-corrected chi connectivity index (χ2v) is 7.43. The molecule has 0 aliphatic carbocycles. The first kappa shape index (κ1) is 24.4. The van der Waals surface area contributed by atoms with Crippen molar-refractivity contribution in [2.45, 2.75) is 12.5 Å². The molecule has 1 aromatic heterocycles. The van der Waals surface area contributed by atoms with E-state index in [1.807, 2.05) is 0 Å². The summed E-state index contributed by atoms with van der Waals surface area (Å²) in [7, 11) is 1.46. The van der Waals surface area contributed by atoms with Gasteiger partial charge in [0.2, 0.25) is 5.91 Å². The molecule has 0 aliphatic rings. The van der Waals surface area contributed by atoms with Crippen molar-refractivity contribution in [3.8, 4) is 17.3 Å². The van der Waals surface area contributed by atoms with E-state index in [2.05, 4.69) is 27.0 Å². The SMILES string of the molecule is CNC(=O)[C@H](CN)NC(=O)c1ccc(-c2ccccc2C#N)nc1NCCc1cccc(F)c1. The number of nitrogens with one attached hydrogen (secondary N) is 3. The predicted molar refractivity (Wildman–Crippen MR) is 127 cm³/mol. The third kappa shape index (κ3) is 5.94. The molecule has 9 heteroatoms. The smallest absolute Gasteiger partial charge is 0.255 e. The highest BCUT2D eigenvalue weighted by Crippen LogP contribution is 2.25. The van der Waals surface area contributed by atoms with Crippen molar-refractivity contribution in [2.75, 3.05) is 25.5 Å². The normalized spacial score (nSPS) is 11.2. The van der Waals surface area contributed by atoms with Crippen LogP contribution in [0.5, 0.6) is 0 Å². The van der Waals surface area contributed by atoms with Crippen LogP contribution >= 0.6 is 0 Å². The molecule has 0 saturated heterocycles. The van der Waals surface area contributed by atoms with Crippen molar-refractivity contribution in [3.63, 3.8) is 0 Å². The molecule has 174 valence electrons. The van der Waals surface area contributed by atoms with Crippen LogP contribution in [0.1, 0.15) is 21.5 Å². The van der Waals surface area contributed by atoms with Crippen LogP contribution < -0.4 is 21.7 Å². The first-order valence-corrected chi connectivity index (χ1v) is 10.7. The summed E-state index contributed by atoms with van der Waals surface area (Å²) in [4.78, 5) is 29.5. The molecule has 0 fully saturated rings.